The molecule has 32 heavy (non-hydrogen) atoms. The molecular weight excluding hydrogens is 404 g/mol. The number of anilines is 2. The number of rotatable bonds is 5. The van der Waals surface area contributed by atoms with Gasteiger partial charge in [0, 0.05) is 23.9 Å². The van der Waals surface area contributed by atoms with Crippen molar-refractivity contribution in [2.45, 2.75) is 33.6 Å². The van der Waals surface area contributed by atoms with Gasteiger partial charge in [-0.2, -0.15) is 0 Å². The molecule has 0 aliphatic carbocycles. The highest BCUT2D eigenvalue weighted by Gasteiger charge is 2.05. The molecule has 3 aromatic rings. The van der Waals surface area contributed by atoms with Gasteiger partial charge in [0.2, 0.25) is 5.91 Å². The van der Waals surface area contributed by atoms with E-state index < -0.39 is 5.97 Å². The van der Waals surface area contributed by atoms with Crippen molar-refractivity contribution in [3.8, 4) is 0 Å². The van der Waals surface area contributed by atoms with Crippen LogP contribution in [0.3, 0.4) is 0 Å². The van der Waals surface area contributed by atoms with Gasteiger partial charge in [-0.3, -0.25) is 9.59 Å². The topological polar surface area (TPSA) is 95.5 Å². The summed E-state index contributed by atoms with van der Waals surface area (Å²) < 4.78 is 0. The van der Waals surface area contributed by atoms with Gasteiger partial charge in [-0.25, -0.2) is 4.79 Å². The van der Waals surface area contributed by atoms with Gasteiger partial charge in [-0.05, 0) is 48.5 Å². The van der Waals surface area contributed by atoms with Crippen LogP contribution in [0.15, 0.2) is 84.9 Å². The maximum absolute atomic E-state index is 11.9. The van der Waals surface area contributed by atoms with Crippen LogP contribution in [0, 0.1) is 0 Å². The predicted molar refractivity (Wildman–Crippen MR) is 129 cm³/mol. The molecule has 0 aliphatic rings. The number of aromatic carboxylic acids is 1. The highest BCUT2D eigenvalue weighted by Crippen LogP contribution is 2.14. The molecule has 0 atom stereocenters. The highest BCUT2D eigenvalue weighted by molar-refractivity contribution is 6.04. The summed E-state index contributed by atoms with van der Waals surface area (Å²) in [7, 11) is 0. The molecule has 3 aromatic carbocycles. The molecule has 3 N–H and O–H groups in total. The van der Waals surface area contributed by atoms with Crippen LogP contribution in [0.25, 0.3) is 0 Å². The fraction of sp³-hybridized carbons (Fsp3) is 0.192. The molecule has 0 saturated heterocycles. The van der Waals surface area contributed by atoms with Crippen LogP contribution in [0.1, 0.15) is 54.3 Å². The molecular formula is C26H30N2O4. The monoisotopic (exact) mass is 434 g/mol. The first-order valence-corrected chi connectivity index (χ1v) is 10.4. The van der Waals surface area contributed by atoms with E-state index >= 15 is 0 Å². The normalized spacial score (nSPS) is 9.22. The van der Waals surface area contributed by atoms with E-state index in [0.717, 1.165) is 0 Å². The van der Waals surface area contributed by atoms with Gasteiger partial charge in [0.15, 0.2) is 0 Å². The number of benzene rings is 3. The number of carbonyl (C=O) groups is 3. The maximum atomic E-state index is 11.9. The van der Waals surface area contributed by atoms with Crippen LogP contribution in [-0.4, -0.2) is 22.9 Å². The Hall–Kier alpha value is -3.93. The Kier molecular flexibility index (Phi) is 12.2. The summed E-state index contributed by atoms with van der Waals surface area (Å²) in [5, 5.41) is 13.8. The van der Waals surface area contributed by atoms with Crippen LogP contribution in [-0.2, 0) is 4.79 Å². The van der Waals surface area contributed by atoms with Crippen LogP contribution in [0.2, 0.25) is 0 Å². The zero-order valence-corrected chi connectivity index (χ0v) is 18.7. The third-order valence-electron chi connectivity index (χ3n) is 4.02. The summed E-state index contributed by atoms with van der Waals surface area (Å²) in [6.45, 7) is 5.81. The van der Waals surface area contributed by atoms with Crippen LogP contribution in [0.4, 0.5) is 11.4 Å². The lowest BCUT2D eigenvalue weighted by Gasteiger charge is -2.06. The first-order valence-electron chi connectivity index (χ1n) is 10.4. The van der Waals surface area contributed by atoms with Gasteiger partial charge in [0.05, 0.1) is 5.56 Å². The Morgan fingerprint density at radius 3 is 1.41 bits per heavy atom. The van der Waals surface area contributed by atoms with E-state index in [4.69, 9.17) is 5.11 Å². The van der Waals surface area contributed by atoms with Crippen molar-refractivity contribution >= 4 is 29.2 Å². The Morgan fingerprint density at radius 2 is 1.06 bits per heavy atom. The smallest absolute Gasteiger partial charge is 0.335 e. The van der Waals surface area contributed by atoms with Crippen molar-refractivity contribution in [2.75, 3.05) is 10.6 Å². The van der Waals surface area contributed by atoms with Crippen molar-refractivity contribution in [1.29, 1.82) is 0 Å². The van der Waals surface area contributed by atoms with E-state index in [1.165, 1.54) is 19.8 Å². The standard InChI is InChI=1S/C15H14N2O2.C7H6O2.C4H10/c1-11(18)16-13-7-9-14(10-8-13)17-15(19)12-5-3-2-4-6-12;8-7(9)6-4-2-1-3-5-6;1-3-4-2/h2-10H,1H3,(H,16,18)(H,17,19);1-5H,(H,8,9);3-4H2,1-2H3. The fourth-order valence-electron chi connectivity index (χ4n) is 2.21. The number of carbonyl (C=O) groups excluding carboxylic acids is 2. The van der Waals surface area contributed by atoms with Crippen LogP contribution < -0.4 is 10.6 Å². The summed E-state index contributed by atoms with van der Waals surface area (Å²) in [4.78, 5) is 33.0. The van der Waals surface area contributed by atoms with Crippen LogP contribution >= 0.6 is 0 Å². The molecule has 0 radical (unpaired) electrons. The number of amides is 2. The third kappa shape index (κ3) is 10.7. The van der Waals surface area contributed by atoms with Crippen molar-refractivity contribution in [1.82, 2.24) is 0 Å². The zero-order valence-electron chi connectivity index (χ0n) is 18.7. The van der Waals surface area contributed by atoms with Gasteiger partial charge in [-0.1, -0.05) is 63.1 Å². The molecule has 6 nitrogen and oxygen atoms in total. The number of hydrogen-bond acceptors (Lipinski definition) is 3. The van der Waals surface area contributed by atoms with Crippen molar-refractivity contribution in [3.63, 3.8) is 0 Å². The quantitative estimate of drug-likeness (QED) is 0.453. The number of carboxylic acids is 1. The lowest BCUT2D eigenvalue weighted by atomic mass is 10.2. The summed E-state index contributed by atoms with van der Waals surface area (Å²) in [5.41, 5.74) is 2.32. The molecule has 6 heteroatoms. The molecule has 0 heterocycles. The molecule has 0 bridgehead atoms. The second-order valence-electron chi connectivity index (χ2n) is 6.75. The first kappa shape index (κ1) is 26.1. The minimum absolute atomic E-state index is 0.124. The van der Waals surface area contributed by atoms with Crippen molar-refractivity contribution in [3.05, 3.63) is 96.1 Å². The Balaban J connectivity index is 0.000000326. The van der Waals surface area contributed by atoms with E-state index in [-0.39, 0.29) is 11.8 Å². The van der Waals surface area contributed by atoms with Gasteiger partial charge in [-0.15, -0.1) is 0 Å². The minimum Gasteiger partial charge on any atom is -0.478 e. The van der Waals surface area contributed by atoms with E-state index in [9.17, 15) is 14.4 Å². The molecule has 0 spiro atoms. The van der Waals surface area contributed by atoms with E-state index in [1.807, 2.05) is 18.2 Å². The lowest BCUT2D eigenvalue weighted by molar-refractivity contribution is -0.114. The van der Waals surface area contributed by atoms with Gasteiger partial charge in [0.1, 0.15) is 0 Å². The maximum Gasteiger partial charge on any atom is 0.335 e. The van der Waals surface area contributed by atoms with Crippen molar-refractivity contribution < 1.29 is 19.5 Å². The van der Waals surface area contributed by atoms with E-state index in [1.54, 1.807) is 66.7 Å². The molecule has 0 aromatic heterocycles. The molecule has 0 unspecified atom stereocenters. The predicted octanol–water partition coefficient (Wildman–Crippen LogP) is 6.09. The van der Waals surface area contributed by atoms with Gasteiger partial charge < -0.3 is 15.7 Å². The molecule has 0 fully saturated rings. The SMILES string of the molecule is CC(=O)Nc1ccc(NC(=O)c2ccccc2)cc1.CCCC.O=C(O)c1ccccc1. The minimum atomic E-state index is -0.879. The Bertz CT molecular complexity index is 954. The Morgan fingerprint density at radius 1 is 0.656 bits per heavy atom. The highest BCUT2D eigenvalue weighted by atomic mass is 16.4. The van der Waals surface area contributed by atoms with Crippen LogP contribution in [0.5, 0.6) is 0 Å². The average molecular weight is 435 g/mol. The molecule has 0 aliphatic heterocycles. The van der Waals surface area contributed by atoms with Gasteiger partial charge in [0.25, 0.3) is 5.91 Å². The number of carboxylic acid groups (broad SMARTS) is 1. The molecule has 168 valence electrons. The van der Waals surface area contributed by atoms with E-state index in [0.29, 0.717) is 22.5 Å². The average Bonchev–Trinajstić information content (AvgIpc) is 2.81. The second kappa shape index (κ2) is 15.0. The molecule has 2 amide bonds. The second-order valence-corrected chi connectivity index (χ2v) is 6.75. The largest absolute Gasteiger partial charge is 0.478 e. The molecule has 3 rings (SSSR count). The summed E-state index contributed by atoms with van der Waals surface area (Å²) in [6, 6.07) is 24.2. The summed E-state index contributed by atoms with van der Waals surface area (Å²) in [6.07, 6.45) is 2.64. The van der Waals surface area contributed by atoms with Gasteiger partial charge >= 0.3 is 5.97 Å². The zero-order chi connectivity index (χ0) is 23.8. The van der Waals surface area contributed by atoms with E-state index in [2.05, 4.69) is 24.5 Å². The summed E-state index contributed by atoms with van der Waals surface area (Å²) >= 11 is 0. The van der Waals surface area contributed by atoms with Crippen molar-refractivity contribution in [2.24, 2.45) is 0 Å². The lowest BCUT2D eigenvalue weighted by Crippen LogP contribution is -2.11. The fourth-order valence-corrected chi connectivity index (χ4v) is 2.21. The molecule has 0 saturated carbocycles. The Labute approximate surface area is 189 Å². The third-order valence-corrected chi connectivity index (χ3v) is 4.02. The number of nitrogens with one attached hydrogen (secondary N) is 2. The summed E-state index contributed by atoms with van der Waals surface area (Å²) in [5.74, 6) is -1.16. The first-order chi connectivity index (χ1) is 15.4. The number of unbranched alkanes of at least 4 members (excludes halogenated alkanes) is 1. The number of hydrogen-bond donors (Lipinski definition) is 3.